The lowest BCUT2D eigenvalue weighted by molar-refractivity contribution is -0.0507. The normalized spacial score (nSPS) is 12.1. The second kappa shape index (κ2) is 6.48. The zero-order valence-electron chi connectivity index (χ0n) is 12.3. The minimum absolute atomic E-state index is 0.101. The van der Waals surface area contributed by atoms with Crippen molar-refractivity contribution in [2.45, 2.75) is 59.0 Å². The van der Waals surface area contributed by atoms with Gasteiger partial charge in [-0.15, -0.1) is 11.3 Å². The average molecular weight is 285 g/mol. The van der Waals surface area contributed by atoms with E-state index in [0.29, 0.717) is 17.2 Å². The molecule has 1 N–H and O–H groups in total. The number of thiazole rings is 1. The standard InChI is InChI=1S/C14H23NO3S/c1-6-14(7-2,18-8-3)13-15-10(9(4)5)11(19-13)12(16)17/h9H,6-8H2,1-5H3,(H,16,17). The lowest BCUT2D eigenvalue weighted by Crippen LogP contribution is -2.28. The summed E-state index contributed by atoms with van der Waals surface area (Å²) >= 11 is 1.26. The lowest BCUT2D eigenvalue weighted by atomic mass is 9.98. The summed E-state index contributed by atoms with van der Waals surface area (Å²) in [4.78, 5) is 16.3. The first-order valence-electron chi connectivity index (χ1n) is 6.80. The van der Waals surface area contributed by atoms with Crippen molar-refractivity contribution in [2.24, 2.45) is 0 Å². The summed E-state index contributed by atoms with van der Waals surface area (Å²) in [7, 11) is 0. The Morgan fingerprint density at radius 2 is 1.95 bits per heavy atom. The molecule has 0 aliphatic carbocycles. The zero-order chi connectivity index (χ0) is 14.6. The van der Waals surface area contributed by atoms with Gasteiger partial charge in [-0.05, 0) is 25.7 Å². The van der Waals surface area contributed by atoms with Gasteiger partial charge in [0.2, 0.25) is 0 Å². The van der Waals surface area contributed by atoms with Crippen molar-refractivity contribution in [3.63, 3.8) is 0 Å². The van der Waals surface area contributed by atoms with Crippen LogP contribution in [-0.4, -0.2) is 22.7 Å². The molecule has 4 nitrogen and oxygen atoms in total. The van der Waals surface area contributed by atoms with Gasteiger partial charge in [-0.3, -0.25) is 0 Å². The molecule has 0 radical (unpaired) electrons. The van der Waals surface area contributed by atoms with Crippen molar-refractivity contribution in [1.29, 1.82) is 0 Å². The Hall–Kier alpha value is -0.940. The van der Waals surface area contributed by atoms with Gasteiger partial charge >= 0.3 is 5.97 Å². The Morgan fingerprint density at radius 1 is 1.37 bits per heavy atom. The van der Waals surface area contributed by atoms with E-state index in [4.69, 9.17) is 4.74 Å². The molecule has 0 aliphatic heterocycles. The molecular weight excluding hydrogens is 262 g/mol. The predicted molar refractivity (Wildman–Crippen MR) is 77.0 cm³/mol. The third-order valence-electron chi connectivity index (χ3n) is 3.35. The summed E-state index contributed by atoms with van der Waals surface area (Å²) < 4.78 is 5.90. The number of aromatic nitrogens is 1. The van der Waals surface area contributed by atoms with Crippen LogP contribution in [0.15, 0.2) is 0 Å². The fourth-order valence-corrected chi connectivity index (χ4v) is 3.51. The number of aromatic carboxylic acids is 1. The molecule has 0 saturated carbocycles. The second-order valence-electron chi connectivity index (χ2n) is 4.83. The van der Waals surface area contributed by atoms with Gasteiger partial charge in [0.05, 0.1) is 5.69 Å². The number of hydrogen-bond acceptors (Lipinski definition) is 4. The number of rotatable bonds is 7. The zero-order valence-corrected chi connectivity index (χ0v) is 13.1. The molecule has 1 aromatic rings. The molecule has 1 rings (SSSR count). The van der Waals surface area contributed by atoms with Gasteiger partial charge in [-0.2, -0.15) is 0 Å². The van der Waals surface area contributed by atoms with Crippen LogP contribution in [0.1, 0.15) is 73.8 Å². The van der Waals surface area contributed by atoms with E-state index >= 15 is 0 Å². The Kier molecular flexibility index (Phi) is 5.50. The topological polar surface area (TPSA) is 59.4 Å². The highest BCUT2D eigenvalue weighted by Crippen LogP contribution is 2.38. The first-order valence-corrected chi connectivity index (χ1v) is 7.61. The molecule has 5 heteroatoms. The van der Waals surface area contributed by atoms with Gasteiger partial charge in [0.25, 0.3) is 0 Å². The smallest absolute Gasteiger partial charge is 0.347 e. The molecule has 108 valence electrons. The molecule has 1 aromatic heterocycles. The fourth-order valence-electron chi connectivity index (χ4n) is 2.17. The molecule has 0 fully saturated rings. The van der Waals surface area contributed by atoms with Crippen LogP contribution >= 0.6 is 11.3 Å². The van der Waals surface area contributed by atoms with E-state index in [1.165, 1.54) is 11.3 Å². The number of ether oxygens (including phenoxy) is 1. The molecule has 1 heterocycles. The summed E-state index contributed by atoms with van der Waals surface area (Å²) in [6.07, 6.45) is 1.59. The van der Waals surface area contributed by atoms with E-state index in [1.54, 1.807) is 0 Å². The minimum atomic E-state index is -0.898. The maximum Gasteiger partial charge on any atom is 0.347 e. The lowest BCUT2D eigenvalue weighted by Gasteiger charge is -2.29. The van der Waals surface area contributed by atoms with Crippen LogP contribution in [0.25, 0.3) is 0 Å². The third kappa shape index (κ3) is 3.15. The predicted octanol–water partition coefficient (Wildman–Crippen LogP) is 4.02. The molecule has 0 saturated heterocycles. The molecule has 0 spiro atoms. The van der Waals surface area contributed by atoms with E-state index < -0.39 is 11.6 Å². The van der Waals surface area contributed by atoms with Crippen LogP contribution in [-0.2, 0) is 10.3 Å². The molecule has 0 atom stereocenters. The number of carboxylic acids is 1. The summed E-state index contributed by atoms with van der Waals surface area (Å²) in [6.45, 7) is 10.6. The highest BCUT2D eigenvalue weighted by molar-refractivity contribution is 7.13. The third-order valence-corrected chi connectivity index (χ3v) is 4.59. The molecule has 0 amide bonds. The largest absolute Gasteiger partial charge is 0.477 e. The quantitative estimate of drug-likeness (QED) is 0.822. The summed E-state index contributed by atoms with van der Waals surface area (Å²) in [5, 5.41) is 10.1. The van der Waals surface area contributed by atoms with Gasteiger partial charge in [0, 0.05) is 6.61 Å². The molecule has 19 heavy (non-hydrogen) atoms. The highest BCUT2D eigenvalue weighted by Gasteiger charge is 2.35. The van der Waals surface area contributed by atoms with E-state index in [1.807, 2.05) is 20.8 Å². The van der Waals surface area contributed by atoms with E-state index in [0.717, 1.165) is 17.8 Å². The van der Waals surface area contributed by atoms with Gasteiger partial charge in [0.1, 0.15) is 15.5 Å². The number of hydrogen-bond donors (Lipinski definition) is 1. The van der Waals surface area contributed by atoms with E-state index in [2.05, 4.69) is 18.8 Å². The van der Waals surface area contributed by atoms with Crippen molar-refractivity contribution in [3.8, 4) is 0 Å². The number of carboxylic acid groups (broad SMARTS) is 1. The van der Waals surface area contributed by atoms with Crippen molar-refractivity contribution in [2.75, 3.05) is 6.61 Å². The number of nitrogens with zero attached hydrogens (tertiary/aromatic N) is 1. The van der Waals surface area contributed by atoms with Gasteiger partial charge in [-0.1, -0.05) is 27.7 Å². The first-order chi connectivity index (χ1) is 8.91. The van der Waals surface area contributed by atoms with Gasteiger partial charge in [0.15, 0.2) is 0 Å². The van der Waals surface area contributed by atoms with Crippen molar-refractivity contribution in [1.82, 2.24) is 4.98 Å². The van der Waals surface area contributed by atoms with Crippen molar-refractivity contribution in [3.05, 3.63) is 15.6 Å². The Balaban J connectivity index is 3.33. The number of carbonyl (C=O) groups is 1. The molecule has 0 aliphatic rings. The molecule has 0 unspecified atom stereocenters. The van der Waals surface area contributed by atoms with Crippen LogP contribution in [0.3, 0.4) is 0 Å². The maximum absolute atomic E-state index is 11.3. The van der Waals surface area contributed by atoms with Crippen LogP contribution in [0.5, 0.6) is 0 Å². The van der Waals surface area contributed by atoms with Gasteiger partial charge < -0.3 is 9.84 Å². The van der Waals surface area contributed by atoms with Crippen LogP contribution < -0.4 is 0 Å². The van der Waals surface area contributed by atoms with Crippen LogP contribution in [0.2, 0.25) is 0 Å². The molecule has 0 aromatic carbocycles. The van der Waals surface area contributed by atoms with Gasteiger partial charge in [-0.25, -0.2) is 9.78 Å². The average Bonchev–Trinajstić information content (AvgIpc) is 2.82. The van der Waals surface area contributed by atoms with Crippen molar-refractivity contribution < 1.29 is 14.6 Å². The van der Waals surface area contributed by atoms with Crippen molar-refractivity contribution >= 4 is 17.3 Å². The molecular formula is C14H23NO3S. The Bertz CT molecular complexity index is 436. The molecule has 0 bridgehead atoms. The summed E-state index contributed by atoms with van der Waals surface area (Å²) in [5.41, 5.74) is 0.218. The highest BCUT2D eigenvalue weighted by atomic mass is 32.1. The maximum atomic E-state index is 11.3. The fraction of sp³-hybridized carbons (Fsp3) is 0.714. The monoisotopic (exact) mass is 285 g/mol. The van der Waals surface area contributed by atoms with Crippen LogP contribution in [0, 0.1) is 0 Å². The van der Waals surface area contributed by atoms with Crippen LogP contribution in [0.4, 0.5) is 0 Å². The van der Waals surface area contributed by atoms with E-state index in [-0.39, 0.29) is 5.92 Å². The summed E-state index contributed by atoms with van der Waals surface area (Å²) in [5.74, 6) is -0.797. The Morgan fingerprint density at radius 3 is 2.26 bits per heavy atom. The van der Waals surface area contributed by atoms with E-state index in [9.17, 15) is 9.90 Å². The second-order valence-corrected chi connectivity index (χ2v) is 5.83. The minimum Gasteiger partial charge on any atom is -0.477 e. The Labute approximate surface area is 118 Å². The SMILES string of the molecule is CCOC(CC)(CC)c1nc(C(C)C)c(C(=O)O)s1. The summed E-state index contributed by atoms with van der Waals surface area (Å²) in [6, 6.07) is 0. The first kappa shape index (κ1) is 16.1.